The molecule has 0 unspecified atom stereocenters. The molecule has 1 amide bonds. The number of thiazole rings is 1. The summed E-state index contributed by atoms with van der Waals surface area (Å²) >= 11 is 1.46. The minimum absolute atomic E-state index is 0.553. The fourth-order valence-electron chi connectivity index (χ4n) is 3.96. The third-order valence-electron chi connectivity index (χ3n) is 5.95. The predicted octanol–water partition coefficient (Wildman–Crippen LogP) is 3.72. The molecular weight excluding hydrogens is 516 g/mol. The Morgan fingerprint density at radius 1 is 1.08 bits per heavy atom. The van der Waals surface area contributed by atoms with Crippen molar-refractivity contribution in [3.63, 3.8) is 0 Å². The van der Waals surface area contributed by atoms with Crippen molar-refractivity contribution < 1.29 is 9.53 Å². The smallest absolute Gasteiger partial charge is 0.235 e. The van der Waals surface area contributed by atoms with Crippen molar-refractivity contribution in [1.82, 2.24) is 30.1 Å². The zero-order chi connectivity index (χ0) is 28.0. The van der Waals surface area contributed by atoms with E-state index in [1.54, 1.807) is 6.20 Å². The lowest BCUT2D eigenvalue weighted by Gasteiger charge is -2.27. The van der Waals surface area contributed by atoms with Crippen LogP contribution in [0.15, 0.2) is 25.4 Å². The van der Waals surface area contributed by atoms with Crippen molar-refractivity contribution in [1.29, 1.82) is 0 Å². The van der Waals surface area contributed by atoms with Gasteiger partial charge in [0.2, 0.25) is 24.3 Å². The molecule has 12 nitrogen and oxygen atoms in total. The van der Waals surface area contributed by atoms with Crippen LogP contribution in [0.5, 0.6) is 0 Å². The molecule has 3 aromatic heterocycles. The van der Waals surface area contributed by atoms with Gasteiger partial charge in [0.1, 0.15) is 0 Å². The normalized spacial score (nSPS) is 16.0. The number of rotatable bonds is 7. The molecule has 0 bridgehead atoms. The Hall–Kier alpha value is -4.02. The molecule has 2 aliphatic heterocycles. The average molecular weight is 553 g/mol. The summed E-state index contributed by atoms with van der Waals surface area (Å²) in [6.45, 7) is 13.0. The van der Waals surface area contributed by atoms with Crippen LogP contribution in [0, 0.1) is 19.8 Å². The van der Waals surface area contributed by atoms with Crippen molar-refractivity contribution >= 4 is 46.5 Å². The number of carbonyl (C=O) groups is 1. The van der Waals surface area contributed by atoms with Gasteiger partial charge in [-0.3, -0.25) is 9.89 Å². The minimum Gasteiger partial charge on any atom is -0.378 e. The number of aromatic nitrogens is 6. The van der Waals surface area contributed by atoms with E-state index in [0.29, 0.717) is 42.6 Å². The molecule has 2 saturated heterocycles. The van der Waals surface area contributed by atoms with E-state index >= 15 is 0 Å². The number of anilines is 5. The fraction of sp³-hybridized carbons (Fsp3) is 0.462. The Morgan fingerprint density at radius 2 is 1.72 bits per heavy atom. The third kappa shape index (κ3) is 8.76. The largest absolute Gasteiger partial charge is 0.378 e. The van der Waals surface area contributed by atoms with Crippen LogP contribution in [-0.2, 0) is 9.53 Å². The van der Waals surface area contributed by atoms with Crippen LogP contribution in [0.1, 0.15) is 42.2 Å². The summed E-state index contributed by atoms with van der Waals surface area (Å²) in [5, 5.41) is 13.8. The van der Waals surface area contributed by atoms with E-state index in [4.69, 9.17) is 9.72 Å². The molecule has 3 N–H and O–H groups in total. The van der Waals surface area contributed by atoms with Crippen LogP contribution < -0.4 is 20.4 Å². The Bertz CT molecular complexity index is 1180. The van der Waals surface area contributed by atoms with E-state index in [0.717, 1.165) is 42.8 Å². The molecule has 0 aromatic carbocycles. The second-order valence-corrected chi connectivity index (χ2v) is 9.93. The quantitative estimate of drug-likeness (QED) is 0.226. The molecule has 1 aliphatic carbocycles. The average Bonchev–Trinajstić information content (AvgIpc) is 3.32. The van der Waals surface area contributed by atoms with Gasteiger partial charge in [-0.05, 0) is 32.6 Å². The lowest BCUT2D eigenvalue weighted by atomic mass is 10.3. The van der Waals surface area contributed by atoms with Crippen LogP contribution in [0.4, 0.5) is 28.8 Å². The zero-order valence-corrected chi connectivity index (χ0v) is 23.1. The summed E-state index contributed by atoms with van der Waals surface area (Å²) in [6.07, 6.45) is 15.2. The number of morpholine rings is 1. The van der Waals surface area contributed by atoms with Crippen molar-refractivity contribution in [2.45, 2.75) is 38.5 Å². The van der Waals surface area contributed by atoms with Crippen LogP contribution in [0.3, 0.4) is 0 Å². The van der Waals surface area contributed by atoms with Gasteiger partial charge in [-0.2, -0.15) is 20.1 Å². The van der Waals surface area contributed by atoms with Crippen LogP contribution in [0.25, 0.3) is 0 Å². The molecular formula is C26H36N10O2S. The first-order chi connectivity index (χ1) is 19.2. The molecule has 3 aromatic rings. The van der Waals surface area contributed by atoms with E-state index in [1.165, 1.54) is 42.7 Å². The third-order valence-corrected chi connectivity index (χ3v) is 6.80. The molecule has 5 heterocycles. The van der Waals surface area contributed by atoms with Gasteiger partial charge in [-0.25, -0.2) is 4.98 Å². The lowest BCUT2D eigenvalue weighted by Crippen LogP contribution is -2.38. The highest BCUT2D eigenvalue weighted by molar-refractivity contribution is 7.15. The monoisotopic (exact) mass is 552 g/mol. The van der Waals surface area contributed by atoms with E-state index in [2.05, 4.69) is 77.7 Å². The Balaban J connectivity index is 0.000000273. The number of nitrogens with zero attached hydrogens (tertiary/aromatic N) is 7. The van der Waals surface area contributed by atoms with Crippen LogP contribution >= 0.6 is 11.3 Å². The number of hydrogen-bond acceptors (Lipinski definition) is 11. The molecule has 1 saturated carbocycles. The summed E-state index contributed by atoms with van der Waals surface area (Å²) in [6, 6.07) is 2.06. The fourth-order valence-corrected chi connectivity index (χ4v) is 4.59. The van der Waals surface area contributed by atoms with Crippen LogP contribution in [0.2, 0.25) is 0 Å². The maximum Gasteiger partial charge on any atom is 0.235 e. The molecule has 13 heteroatoms. The summed E-state index contributed by atoms with van der Waals surface area (Å²) < 4.78 is 5.46. The van der Waals surface area contributed by atoms with Gasteiger partial charge in [0, 0.05) is 54.9 Å². The number of aromatic amines is 1. The van der Waals surface area contributed by atoms with Crippen molar-refractivity contribution in [3.8, 4) is 12.8 Å². The van der Waals surface area contributed by atoms with Gasteiger partial charge in [0.05, 0.1) is 13.2 Å². The number of amides is 1. The molecule has 0 radical (unpaired) electrons. The van der Waals surface area contributed by atoms with Gasteiger partial charge in [0.15, 0.2) is 10.9 Å². The van der Waals surface area contributed by atoms with Gasteiger partial charge in [-0.15, -0.1) is 37.3 Å². The lowest BCUT2D eigenvalue weighted by molar-refractivity contribution is -0.105. The maximum absolute atomic E-state index is 9.84. The van der Waals surface area contributed by atoms with E-state index in [-0.39, 0.29) is 0 Å². The van der Waals surface area contributed by atoms with Crippen molar-refractivity contribution in [2.24, 2.45) is 0 Å². The summed E-state index contributed by atoms with van der Waals surface area (Å²) in [5.41, 5.74) is 1.19. The number of ether oxygens (including phenoxy) is 1. The topological polar surface area (TPSA) is 137 Å². The van der Waals surface area contributed by atoms with E-state index < -0.39 is 0 Å². The molecule has 0 spiro atoms. The van der Waals surface area contributed by atoms with E-state index in [9.17, 15) is 4.79 Å². The summed E-state index contributed by atoms with van der Waals surface area (Å²) in [5.74, 6) is 3.42. The molecule has 0 atom stereocenters. The SMILES string of the molecule is C#C.C=C.Cc1cnc(NC=O)s1.c1c(Nc2nc(N3CCCC3)nc(N3CCOCC3)n2)n[nH]c1C1CC1. The number of carbonyl (C=O) groups excluding carboxylic acids is 1. The number of terminal acetylenes is 1. The standard InChI is InChI=1S/C17H24N8O.C5H6N2OS.C2H4.C2H2/c1-2-6-24(5-1)16-19-15(18-14-11-13(22-23-14)12-3-4-12)20-17(21-16)25-7-9-26-10-8-25;1-4-2-6-5(9-4)7-3-8;2*1-2/h11-12H,1-10H2,(H2,18,19,20,21,22,23);2-3H,1H3,(H,6,7,8);1-2H2;1-2H. The zero-order valence-electron chi connectivity index (χ0n) is 22.3. The summed E-state index contributed by atoms with van der Waals surface area (Å²) in [4.78, 5) is 33.2. The molecule has 3 aliphatic rings. The highest BCUT2D eigenvalue weighted by Gasteiger charge is 2.26. The number of H-pyrrole nitrogens is 1. The minimum atomic E-state index is 0.553. The first kappa shape index (κ1) is 29.5. The maximum atomic E-state index is 9.84. The van der Waals surface area contributed by atoms with Gasteiger partial charge in [0.25, 0.3) is 0 Å². The van der Waals surface area contributed by atoms with Gasteiger partial charge >= 0.3 is 0 Å². The first-order valence-electron chi connectivity index (χ1n) is 12.8. The van der Waals surface area contributed by atoms with Crippen molar-refractivity contribution in [2.75, 3.05) is 59.8 Å². The number of hydrogen-bond donors (Lipinski definition) is 3. The predicted molar refractivity (Wildman–Crippen MR) is 156 cm³/mol. The van der Waals surface area contributed by atoms with Gasteiger partial charge < -0.3 is 25.2 Å². The second kappa shape index (κ2) is 15.4. The van der Waals surface area contributed by atoms with Gasteiger partial charge in [-0.1, -0.05) is 0 Å². The van der Waals surface area contributed by atoms with Crippen molar-refractivity contribution in [3.05, 3.63) is 36.0 Å². The molecule has 6 rings (SSSR count). The second-order valence-electron chi connectivity index (χ2n) is 8.70. The molecule has 39 heavy (non-hydrogen) atoms. The number of aryl methyl sites for hydroxylation is 1. The Morgan fingerprint density at radius 3 is 2.28 bits per heavy atom. The summed E-state index contributed by atoms with van der Waals surface area (Å²) in [7, 11) is 0. The molecule has 3 fully saturated rings. The number of nitrogens with one attached hydrogen (secondary N) is 3. The Labute approximate surface area is 233 Å². The Kier molecular flexibility index (Phi) is 11.7. The highest BCUT2D eigenvalue weighted by atomic mass is 32.1. The van der Waals surface area contributed by atoms with E-state index in [1.807, 2.05) is 6.92 Å². The first-order valence-corrected chi connectivity index (χ1v) is 13.6. The highest BCUT2D eigenvalue weighted by Crippen LogP contribution is 2.39. The molecule has 208 valence electrons. The van der Waals surface area contributed by atoms with Crippen LogP contribution in [-0.4, -0.2) is 75.9 Å².